The Morgan fingerprint density at radius 3 is 2.33 bits per heavy atom. The molecule has 1 N–H and O–H groups in total. The molecule has 13 heteroatoms. The summed E-state index contributed by atoms with van der Waals surface area (Å²) in [5.41, 5.74) is -0.314. The van der Waals surface area contributed by atoms with Crippen molar-refractivity contribution in [1.29, 1.82) is 0 Å². The first kappa shape index (κ1) is 30.5. The molecule has 0 spiro atoms. The van der Waals surface area contributed by atoms with Crippen molar-refractivity contribution in [2.24, 2.45) is 0 Å². The van der Waals surface area contributed by atoms with Gasteiger partial charge in [0.15, 0.2) is 11.5 Å². The van der Waals surface area contributed by atoms with Crippen molar-refractivity contribution < 1.29 is 35.9 Å². The van der Waals surface area contributed by atoms with E-state index >= 15 is 0 Å². The molecule has 0 saturated carbocycles. The lowest BCUT2D eigenvalue weighted by molar-refractivity contribution is -0.137. The van der Waals surface area contributed by atoms with Gasteiger partial charge in [-0.1, -0.05) is 29.8 Å². The number of thioether (sulfide) groups is 1. The van der Waals surface area contributed by atoms with E-state index in [1.54, 1.807) is 23.9 Å². The van der Waals surface area contributed by atoms with Crippen LogP contribution in [-0.4, -0.2) is 47.4 Å². The van der Waals surface area contributed by atoms with Crippen LogP contribution in [0.4, 0.5) is 18.9 Å². The monoisotopic (exact) mass is 602 g/mol. The van der Waals surface area contributed by atoms with Gasteiger partial charge < -0.3 is 14.8 Å². The summed E-state index contributed by atoms with van der Waals surface area (Å²) in [7, 11) is -1.80. The number of halogens is 4. The molecular formula is C26H26ClF3N2O5S2. The number of ether oxygens (including phenoxy) is 2. The van der Waals surface area contributed by atoms with Crippen LogP contribution >= 0.6 is 23.4 Å². The van der Waals surface area contributed by atoms with Gasteiger partial charge in [0.05, 0.1) is 30.4 Å². The summed E-state index contributed by atoms with van der Waals surface area (Å²) in [4.78, 5) is 12.5. The maximum absolute atomic E-state index is 13.6. The Kier molecular flexibility index (Phi) is 10.4. The van der Waals surface area contributed by atoms with Gasteiger partial charge in [-0.3, -0.25) is 9.10 Å². The Bertz CT molecular complexity index is 1390. The zero-order valence-electron chi connectivity index (χ0n) is 21.0. The minimum Gasteiger partial charge on any atom is -0.493 e. The van der Waals surface area contributed by atoms with E-state index in [-0.39, 0.29) is 28.6 Å². The molecule has 0 aliphatic heterocycles. The van der Waals surface area contributed by atoms with Gasteiger partial charge in [-0.2, -0.15) is 24.9 Å². The van der Waals surface area contributed by atoms with Gasteiger partial charge >= 0.3 is 6.18 Å². The molecule has 0 radical (unpaired) electrons. The standard InChI is InChI=1S/C26H26ClF3N2O5S2/c1-36-23-11-10-22(15-24(23)37-2)39(34,35)32(21-5-3-4-19(14-21)26(28,29)30)16-25(33)31-12-13-38-17-18-6-8-20(27)9-7-18/h3-11,14-15H,12-13,16-17H2,1-2H3,(H,31,33). The highest BCUT2D eigenvalue weighted by molar-refractivity contribution is 7.98. The number of sulfonamides is 1. The number of nitrogens with zero attached hydrogens (tertiary/aromatic N) is 1. The first-order valence-electron chi connectivity index (χ1n) is 11.5. The average Bonchev–Trinajstić information content (AvgIpc) is 2.91. The molecule has 0 aliphatic carbocycles. The van der Waals surface area contributed by atoms with Gasteiger partial charge in [0.25, 0.3) is 10.0 Å². The second-order valence-electron chi connectivity index (χ2n) is 8.11. The first-order valence-corrected chi connectivity index (χ1v) is 14.4. The van der Waals surface area contributed by atoms with Crippen molar-refractivity contribution >= 4 is 45.0 Å². The Balaban J connectivity index is 1.79. The van der Waals surface area contributed by atoms with Gasteiger partial charge in [0.2, 0.25) is 5.91 Å². The normalized spacial score (nSPS) is 11.6. The number of hydrogen-bond donors (Lipinski definition) is 1. The number of anilines is 1. The molecule has 0 saturated heterocycles. The number of hydrogen-bond acceptors (Lipinski definition) is 6. The van der Waals surface area contributed by atoms with Crippen molar-refractivity contribution in [2.75, 3.05) is 37.4 Å². The molecule has 0 aliphatic rings. The van der Waals surface area contributed by atoms with Gasteiger partial charge in [0, 0.05) is 29.1 Å². The molecule has 3 aromatic carbocycles. The SMILES string of the molecule is COc1ccc(S(=O)(=O)N(CC(=O)NCCSCc2ccc(Cl)cc2)c2cccc(C(F)(F)F)c2)cc1OC. The summed E-state index contributed by atoms with van der Waals surface area (Å²) >= 11 is 7.42. The Labute approximate surface area is 234 Å². The van der Waals surface area contributed by atoms with Gasteiger partial charge in [0.1, 0.15) is 6.54 Å². The van der Waals surface area contributed by atoms with E-state index < -0.39 is 34.2 Å². The van der Waals surface area contributed by atoms with Crippen LogP contribution in [0.15, 0.2) is 71.6 Å². The summed E-state index contributed by atoms with van der Waals surface area (Å²) in [5, 5.41) is 3.26. The predicted molar refractivity (Wildman–Crippen MR) is 146 cm³/mol. The van der Waals surface area contributed by atoms with E-state index in [1.807, 2.05) is 12.1 Å². The fourth-order valence-corrected chi connectivity index (χ4v) is 5.85. The van der Waals surface area contributed by atoms with Crippen molar-refractivity contribution in [3.63, 3.8) is 0 Å². The largest absolute Gasteiger partial charge is 0.493 e. The highest BCUT2D eigenvalue weighted by Gasteiger charge is 2.33. The van der Waals surface area contributed by atoms with Crippen molar-refractivity contribution in [3.8, 4) is 11.5 Å². The molecule has 3 rings (SSSR count). The molecule has 39 heavy (non-hydrogen) atoms. The minimum atomic E-state index is -4.71. The third-order valence-electron chi connectivity index (χ3n) is 5.44. The topological polar surface area (TPSA) is 84.9 Å². The maximum atomic E-state index is 13.6. The fraction of sp³-hybridized carbons (Fsp3) is 0.269. The van der Waals surface area contributed by atoms with Crippen LogP contribution in [0.5, 0.6) is 11.5 Å². The van der Waals surface area contributed by atoms with Crippen LogP contribution in [0.1, 0.15) is 11.1 Å². The molecule has 7 nitrogen and oxygen atoms in total. The number of benzene rings is 3. The summed E-state index contributed by atoms with van der Waals surface area (Å²) in [6.45, 7) is -0.510. The maximum Gasteiger partial charge on any atom is 0.416 e. The van der Waals surface area contributed by atoms with Crippen molar-refractivity contribution in [1.82, 2.24) is 5.32 Å². The summed E-state index contributed by atoms with van der Waals surface area (Å²) < 4.78 is 78.3. The van der Waals surface area contributed by atoms with E-state index in [2.05, 4.69) is 5.32 Å². The third-order valence-corrected chi connectivity index (χ3v) is 8.49. The van der Waals surface area contributed by atoms with E-state index in [0.29, 0.717) is 26.9 Å². The molecule has 0 fully saturated rings. The Morgan fingerprint density at radius 2 is 1.69 bits per heavy atom. The summed E-state index contributed by atoms with van der Waals surface area (Å²) in [6, 6.07) is 14.9. The second kappa shape index (κ2) is 13.3. The van der Waals surface area contributed by atoms with Crippen LogP contribution < -0.4 is 19.1 Å². The van der Waals surface area contributed by atoms with Gasteiger partial charge in [-0.25, -0.2) is 8.42 Å². The lowest BCUT2D eigenvalue weighted by Gasteiger charge is -2.25. The molecule has 3 aromatic rings. The van der Waals surface area contributed by atoms with Crippen LogP contribution in [0.2, 0.25) is 5.02 Å². The van der Waals surface area contributed by atoms with Crippen LogP contribution in [0.25, 0.3) is 0 Å². The van der Waals surface area contributed by atoms with E-state index in [1.165, 1.54) is 38.5 Å². The second-order valence-corrected chi connectivity index (χ2v) is 11.5. The highest BCUT2D eigenvalue weighted by atomic mass is 35.5. The zero-order chi connectivity index (χ0) is 28.6. The van der Waals surface area contributed by atoms with E-state index in [4.69, 9.17) is 21.1 Å². The fourth-order valence-electron chi connectivity index (χ4n) is 3.48. The predicted octanol–water partition coefficient (Wildman–Crippen LogP) is 5.62. The smallest absolute Gasteiger partial charge is 0.416 e. The molecule has 0 heterocycles. The van der Waals surface area contributed by atoms with Crippen molar-refractivity contribution in [2.45, 2.75) is 16.8 Å². The summed E-state index contributed by atoms with van der Waals surface area (Å²) in [5.74, 6) is 0.890. The molecule has 0 atom stereocenters. The Hall–Kier alpha value is -3.09. The molecule has 1 amide bonds. The molecule has 0 bridgehead atoms. The molecule has 0 unspecified atom stereocenters. The quantitative estimate of drug-likeness (QED) is 0.271. The number of alkyl halides is 3. The van der Waals surface area contributed by atoms with Crippen LogP contribution in [0, 0.1) is 0 Å². The average molecular weight is 603 g/mol. The zero-order valence-corrected chi connectivity index (χ0v) is 23.4. The third kappa shape index (κ3) is 8.20. The summed E-state index contributed by atoms with van der Waals surface area (Å²) in [6.07, 6.45) is -4.71. The lowest BCUT2D eigenvalue weighted by Crippen LogP contribution is -2.41. The minimum absolute atomic E-state index is 0.102. The van der Waals surface area contributed by atoms with Gasteiger partial charge in [-0.15, -0.1) is 0 Å². The number of methoxy groups -OCH3 is 2. The van der Waals surface area contributed by atoms with E-state index in [0.717, 1.165) is 17.7 Å². The van der Waals surface area contributed by atoms with Gasteiger partial charge in [-0.05, 0) is 48.0 Å². The molecular weight excluding hydrogens is 577 g/mol. The number of carbonyl (C=O) groups is 1. The lowest BCUT2D eigenvalue weighted by atomic mass is 10.2. The molecule has 210 valence electrons. The van der Waals surface area contributed by atoms with Crippen molar-refractivity contribution in [3.05, 3.63) is 82.9 Å². The highest BCUT2D eigenvalue weighted by Crippen LogP contribution is 2.35. The van der Waals surface area contributed by atoms with Crippen LogP contribution in [0.3, 0.4) is 0 Å². The van der Waals surface area contributed by atoms with Crippen LogP contribution in [-0.2, 0) is 26.7 Å². The Morgan fingerprint density at radius 1 is 1.00 bits per heavy atom. The number of amides is 1. The number of carbonyl (C=O) groups excluding carboxylic acids is 1. The first-order chi connectivity index (χ1) is 18.5. The molecule has 0 aromatic heterocycles. The number of rotatable bonds is 12. The number of nitrogens with one attached hydrogen (secondary N) is 1. The van der Waals surface area contributed by atoms with E-state index in [9.17, 15) is 26.4 Å².